The van der Waals surface area contributed by atoms with Crippen LogP contribution in [0.1, 0.15) is 56.6 Å². The molecule has 7 nitrogen and oxygen atoms in total. The summed E-state index contributed by atoms with van der Waals surface area (Å²) in [6.45, 7) is 3.46. The molecule has 4 rings (SSSR count). The monoisotopic (exact) mass is 684 g/mol. The Morgan fingerprint density at radius 3 is 2.61 bits per heavy atom. The second-order valence-corrected chi connectivity index (χ2v) is 11.5. The normalized spacial score (nSPS) is 22.0. The molecule has 0 radical (unpaired) electrons. The molecule has 0 bridgehead atoms. The van der Waals surface area contributed by atoms with Gasteiger partial charge in [0.15, 0.2) is 0 Å². The van der Waals surface area contributed by atoms with E-state index in [1.165, 1.54) is 0 Å². The largest absolute Gasteiger partial charge is 0.405 e. The molecule has 0 aromatic heterocycles. The third-order valence-corrected chi connectivity index (χ3v) is 8.55. The van der Waals surface area contributed by atoms with Crippen LogP contribution in [0.5, 0.6) is 0 Å². The van der Waals surface area contributed by atoms with E-state index in [-0.39, 0.29) is 23.4 Å². The number of carbonyl (C=O) groups is 3. The number of nitrogens with zero attached hydrogens (tertiary/aromatic N) is 1. The Morgan fingerprint density at radius 1 is 1.20 bits per heavy atom. The topological polar surface area (TPSA) is 90.5 Å². The van der Waals surface area contributed by atoms with E-state index in [1.54, 1.807) is 10.2 Å². The number of benzene rings is 1. The van der Waals surface area contributed by atoms with Crippen molar-refractivity contribution >= 4 is 45.9 Å². The third kappa shape index (κ3) is 7.22. The molecule has 1 saturated heterocycles. The lowest BCUT2D eigenvalue weighted by atomic mass is 9.72. The lowest BCUT2D eigenvalue weighted by molar-refractivity contribution is -0.141. The van der Waals surface area contributed by atoms with Gasteiger partial charge in [-0.05, 0) is 71.9 Å². The van der Waals surface area contributed by atoms with Crippen LogP contribution in [0.3, 0.4) is 0 Å². The highest BCUT2D eigenvalue weighted by atomic mass is 127. The van der Waals surface area contributed by atoms with Crippen LogP contribution < -0.4 is 16.0 Å². The quantitative estimate of drug-likeness (QED) is 0.192. The Kier molecular flexibility index (Phi) is 10.3. The van der Waals surface area contributed by atoms with Crippen molar-refractivity contribution in [1.82, 2.24) is 20.9 Å². The number of likely N-dealkylation sites (tertiary alicyclic amines) is 1. The van der Waals surface area contributed by atoms with E-state index < -0.39 is 24.0 Å². The first-order chi connectivity index (χ1) is 19.6. The fourth-order valence-corrected chi connectivity index (χ4v) is 6.52. The van der Waals surface area contributed by atoms with Crippen LogP contribution in [0.25, 0.3) is 5.57 Å². The van der Waals surface area contributed by atoms with E-state index >= 15 is 0 Å². The van der Waals surface area contributed by atoms with Gasteiger partial charge >= 0.3 is 6.18 Å². The highest BCUT2D eigenvalue weighted by Gasteiger charge is 2.49. The Bertz CT molecular complexity index is 1250. The summed E-state index contributed by atoms with van der Waals surface area (Å²) in [5, 5.41) is 7.86. The van der Waals surface area contributed by atoms with Gasteiger partial charge in [-0.3, -0.25) is 14.4 Å². The Balaban J connectivity index is 1.37. The predicted molar refractivity (Wildman–Crippen MR) is 160 cm³/mol. The van der Waals surface area contributed by atoms with Crippen molar-refractivity contribution < 1.29 is 27.6 Å². The number of hydrogen-bond acceptors (Lipinski definition) is 4. The smallest absolute Gasteiger partial charge is 0.352 e. The van der Waals surface area contributed by atoms with E-state index in [1.807, 2.05) is 37.3 Å². The molecule has 3 aliphatic rings. The molecule has 1 unspecified atom stereocenters. The number of carbonyl (C=O) groups excluding carboxylic acids is 3. The second kappa shape index (κ2) is 13.5. The van der Waals surface area contributed by atoms with Crippen LogP contribution >= 0.6 is 22.6 Å². The highest BCUT2D eigenvalue weighted by molar-refractivity contribution is 14.1. The van der Waals surface area contributed by atoms with Gasteiger partial charge in [0.1, 0.15) is 12.1 Å². The van der Waals surface area contributed by atoms with E-state index in [4.69, 9.17) is 0 Å². The average molecular weight is 685 g/mol. The standard InChI is InChI=1S/C30H36F3IN4O3/c1-20-22-7-2-3-9-25(22)29(24(20)10-14-34,28(41)36-19-30(31,32)33)13-4-5-16-38-17-11-21(12-18-38)37-27(40)23-8-6-15-35-26(23)39/h2-3,7-10,14,21H,4-6,11-13,15-19H2,1H3,(H,35,39)(H,36,41)(H,37,40)/b14-10-. The summed E-state index contributed by atoms with van der Waals surface area (Å²) in [5.41, 5.74) is 2.28. The second-order valence-electron chi connectivity index (χ2n) is 10.8. The van der Waals surface area contributed by atoms with Gasteiger partial charge < -0.3 is 20.9 Å². The molecule has 11 heteroatoms. The van der Waals surface area contributed by atoms with Gasteiger partial charge in [-0.2, -0.15) is 13.2 Å². The van der Waals surface area contributed by atoms with Crippen LogP contribution in [0.2, 0.25) is 0 Å². The van der Waals surface area contributed by atoms with Crippen molar-refractivity contribution in [3.63, 3.8) is 0 Å². The van der Waals surface area contributed by atoms with Gasteiger partial charge in [0.05, 0.1) is 5.41 Å². The summed E-state index contributed by atoms with van der Waals surface area (Å²) in [5.74, 6) is -1.28. The van der Waals surface area contributed by atoms with Crippen molar-refractivity contribution in [2.45, 2.75) is 63.1 Å². The summed E-state index contributed by atoms with van der Waals surface area (Å²) in [6, 6.07) is 7.48. The lowest BCUT2D eigenvalue weighted by Crippen LogP contribution is -2.48. The molecule has 1 aromatic rings. The molecule has 41 heavy (non-hydrogen) atoms. The van der Waals surface area contributed by atoms with Crippen LogP contribution in [0, 0.1) is 0 Å². The fourth-order valence-electron chi connectivity index (χ4n) is 6.16. The van der Waals surface area contributed by atoms with Crippen molar-refractivity contribution in [2.24, 2.45) is 0 Å². The number of halogens is 4. The van der Waals surface area contributed by atoms with E-state index in [0.29, 0.717) is 25.8 Å². The molecular formula is C30H36F3IN4O3. The highest BCUT2D eigenvalue weighted by Crippen LogP contribution is 2.50. The average Bonchev–Trinajstić information content (AvgIpc) is 3.19. The fraction of sp³-hybridized carbons (Fsp3) is 0.500. The van der Waals surface area contributed by atoms with Gasteiger partial charge in [0.25, 0.3) is 11.8 Å². The Labute approximate surface area is 252 Å². The first kappa shape index (κ1) is 31.3. The molecule has 0 saturated carbocycles. The Hall–Kier alpha value is -2.67. The zero-order valence-electron chi connectivity index (χ0n) is 23.1. The molecule has 1 fully saturated rings. The summed E-state index contributed by atoms with van der Waals surface area (Å²) in [7, 11) is 0. The Morgan fingerprint density at radius 2 is 1.93 bits per heavy atom. The number of unbranched alkanes of at least 4 members (excludes halogenated alkanes) is 1. The number of alkyl halides is 3. The maximum Gasteiger partial charge on any atom is 0.405 e. The third-order valence-electron chi connectivity index (χ3n) is 8.19. The molecule has 222 valence electrons. The van der Waals surface area contributed by atoms with Crippen LogP contribution in [0.15, 0.2) is 51.6 Å². The molecule has 1 aromatic carbocycles. The van der Waals surface area contributed by atoms with Crippen LogP contribution in [0.4, 0.5) is 13.2 Å². The van der Waals surface area contributed by atoms with Crippen LogP contribution in [-0.4, -0.2) is 67.6 Å². The number of fused-ring (bicyclic) bond motifs is 1. The minimum Gasteiger partial charge on any atom is -0.352 e. The minimum absolute atomic E-state index is 0.000648. The van der Waals surface area contributed by atoms with Crippen molar-refractivity contribution in [3.8, 4) is 0 Å². The van der Waals surface area contributed by atoms with Crippen LogP contribution in [-0.2, 0) is 19.8 Å². The molecule has 2 heterocycles. The van der Waals surface area contributed by atoms with Crippen molar-refractivity contribution in [3.05, 3.63) is 62.8 Å². The maximum absolute atomic E-state index is 13.6. The molecule has 3 amide bonds. The molecule has 0 spiro atoms. The number of piperidine rings is 1. The lowest BCUT2D eigenvalue weighted by Gasteiger charge is -2.34. The number of allylic oxidation sites excluding steroid dienone is 2. The van der Waals surface area contributed by atoms with E-state index in [2.05, 4.69) is 43.4 Å². The molecule has 3 N–H and O–H groups in total. The van der Waals surface area contributed by atoms with E-state index in [0.717, 1.165) is 61.2 Å². The SMILES string of the molecule is CC1=C(/C=C\I)C(CCCCN2CCC(NC(=O)C3=CCCNC3=O)CC2)(C(=O)NCC(F)(F)F)c2ccccc21. The summed E-state index contributed by atoms with van der Waals surface area (Å²) in [6.07, 6.45) is 3.03. The minimum atomic E-state index is -4.50. The van der Waals surface area contributed by atoms with Gasteiger partial charge in [-0.25, -0.2) is 0 Å². The van der Waals surface area contributed by atoms with Gasteiger partial charge in [-0.15, -0.1) is 0 Å². The number of rotatable bonds is 10. The maximum atomic E-state index is 13.6. The van der Waals surface area contributed by atoms with E-state index in [9.17, 15) is 27.6 Å². The zero-order valence-corrected chi connectivity index (χ0v) is 25.2. The first-order valence-corrected chi connectivity index (χ1v) is 15.3. The first-order valence-electron chi connectivity index (χ1n) is 14.0. The van der Waals surface area contributed by atoms with Crippen molar-refractivity contribution in [1.29, 1.82) is 0 Å². The molecule has 1 aliphatic carbocycles. The van der Waals surface area contributed by atoms with Gasteiger partial charge in [-0.1, -0.05) is 65.4 Å². The number of nitrogens with one attached hydrogen (secondary N) is 3. The molecular weight excluding hydrogens is 648 g/mol. The summed E-state index contributed by atoms with van der Waals surface area (Å²) < 4.78 is 41.0. The number of amides is 3. The van der Waals surface area contributed by atoms with Crippen molar-refractivity contribution in [2.75, 3.05) is 32.7 Å². The molecule has 1 atom stereocenters. The summed E-state index contributed by atoms with van der Waals surface area (Å²) in [4.78, 5) is 40.3. The summed E-state index contributed by atoms with van der Waals surface area (Å²) >= 11 is 2.08. The van der Waals surface area contributed by atoms with Gasteiger partial charge in [0, 0.05) is 25.7 Å². The number of hydrogen-bond donors (Lipinski definition) is 3. The predicted octanol–water partition coefficient (Wildman–Crippen LogP) is 4.54. The van der Waals surface area contributed by atoms with Gasteiger partial charge in [0.2, 0.25) is 5.91 Å². The molecule has 2 aliphatic heterocycles. The zero-order chi connectivity index (χ0) is 29.6.